The summed E-state index contributed by atoms with van der Waals surface area (Å²) in [5.74, 6) is 0.534. The number of anilines is 1. The number of rotatable bonds is 8. The number of hydrogen-bond acceptors (Lipinski definition) is 6. The third-order valence-electron chi connectivity index (χ3n) is 6.65. The fourth-order valence-corrected chi connectivity index (χ4v) is 4.81. The van der Waals surface area contributed by atoms with Crippen molar-refractivity contribution in [2.24, 2.45) is 0 Å². The molecule has 232 valence electrons. The Labute approximate surface area is 239 Å². The van der Waals surface area contributed by atoms with Gasteiger partial charge >= 0.3 is 24.5 Å². The summed E-state index contributed by atoms with van der Waals surface area (Å²) in [5, 5.41) is 0. The van der Waals surface area contributed by atoms with Crippen molar-refractivity contribution < 1.29 is 54.9 Å². The van der Waals surface area contributed by atoms with E-state index in [4.69, 9.17) is 18.9 Å². The number of halogens is 6. The van der Waals surface area contributed by atoms with Crippen molar-refractivity contribution in [1.82, 2.24) is 4.90 Å². The van der Waals surface area contributed by atoms with Crippen molar-refractivity contribution in [3.05, 3.63) is 52.6 Å². The second-order valence-electron chi connectivity index (χ2n) is 9.59. The Bertz CT molecular complexity index is 1250. The summed E-state index contributed by atoms with van der Waals surface area (Å²) >= 11 is 0. The number of fused-ring (bicyclic) bond motifs is 1. The number of amides is 2. The Balaban J connectivity index is 2.22. The molecule has 8 nitrogen and oxygen atoms in total. The van der Waals surface area contributed by atoms with Crippen LogP contribution in [0.25, 0.3) is 0 Å². The van der Waals surface area contributed by atoms with Crippen molar-refractivity contribution in [3.63, 3.8) is 0 Å². The van der Waals surface area contributed by atoms with E-state index in [1.54, 1.807) is 13.8 Å². The molecule has 0 aliphatic carbocycles. The molecule has 0 unspecified atom stereocenters. The molecular formula is C28H32F6N2O6. The molecule has 1 heterocycles. The maximum Gasteiger partial charge on any atom is 0.416 e. The summed E-state index contributed by atoms with van der Waals surface area (Å²) in [4.78, 5) is 28.4. The molecule has 0 spiro atoms. The van der Waals surface area contributed by atoms with E-state index in [0.717, 1.165) is 12.0 Å². The number of alkyl halides is 6. The molecule has 0 N–H and O–H groups in total. The van der Waals surface area contributed by atoms with E-state index < -0.39 is 59.9 Å². The van der Waals surface area contributed by atoms with Crippen LogP contribution in [-0.2, 0) is 28.4 Å². The normalized spacial score (nSPS) is 16.9. The number of hydrogen-bond donors (Lipinski definition) is 0. The van der Waals surface area contributed by atoms with Crippen molar-refractivity contribution in [1.29, 1.82) is 0 Å². The van der Waals surface area contributed by atoms with Crippen LogP contribution in [0.4, 0.5) is 41.6 Å². The first kappa shape index (κ1) is 32.7. The van der Waals surface area contributed by atoms with Gasteiger partial charge in [-0.2, -0.15) is 26.3 Å². The number of ether oxygens (including phenoxy) is 4. The summed E-state index contributed by atoms with van der Waals surface area (Å²) in [6.07, 6.45) is -11.1. The van der Waals surface area contributed by atoms with Gasteiger partial charge in [0.2, 0.25) is 0 Å². The van der Waals surface area contributed by atoms with Gasteiger partial charge < -0.3 is 18.9 Å². The Morgan fingerprint density at radius 3 is 2.07 bits per heavy atom. The van der Waals surface area contributed by atoms with Crippen molar-refractivity contribution in [2.45, 2.75) is 64.6 Å². The van der Waals surface area contributed by atoms with Crippen molar-refractivity contribution >= 4 is 17.9 Å². The lowest BCUT2D eigenvalue weighted by molar-refractivity contribution is -0.143. The third-order valence-corrected chi connectivity index (χ3v) is 6.65. The highest BCUT2D eigenvalue weighted by atomic mass is 19.4. The van der Waals surface area contributed by atoms with E-state index >= 15 is 0 Å². The van der Waals surface area contributed by atoms with Crippen LogP contribution >= 0.6 is 0 Å². The standard InChI is InChI=1S/C28H32F6N2O6/c1-6-8-42-24-13-20-21(9-16(3)36(26(38)41-7-2)22(20)14-23(24)39-4)35(25(37)40-5)15-17-10-18(27(29,30)31)12-19(11-17)28(32,33)34/h10-14,16,21H,6-9,15H2,1-5H3/t16-,21+/m1/s1. The van der Waals surface area contributed by atoms with Crippen LogP contribution in [0.1, 0.15) is 61.9 Å². The molecule has 0 radical (unpaired) electrons. The highest BCUT2D eigenvalue weighted by Gasteiger charge is 2.41. The minimum atomic E-state index is -5.07. The summed E-state index contributed by atoms with van der Waals surface area (Å²) in [6, 6.07) is 2.63. The van der Waals surface area contributed by atoms with Crippen LogP contribution < -0.4 is 14.4 Å². The lowest BCUT2D eigenvalue weighted by atomic mass is 9.90. The van der Waals surface area contributed by atoms with Crippen LogP contribution in [0.15, 0.2) is 30.3 Å². The summed E-state index contributed by atoms with van der Waals surface area (Å²) in [6.45, 7) is 4.88. The van der Waals surface area contributed by atoms with Gasteiger partial charge in [-0.1, -0.05) is 6.92 Å². The first-order valence-corrected chi connectivity index (χ1v) is 13.1. The molecule has 0 saturated carbocycles. The molecule has 14 heteroatoms. The quantitative estimate of drug-likeness (QED) is 0.288. The number of nitrogens with zero attached hydrogens (tertiary/aromatic N) is 2. The van der Waals surface area contributed by atoms with Crippen LogP contribution in [0, 0.1) is 0 Å². The average molecular weight is 607 g/mol. The van der Waals surface area contributed by atoms with Gasteiger partial charge in [0.05, 0.1) is 50.3 Å². The minimum absolute atomic E-state index is 0.0187. The lowest BCUT2D eigenvalue weighted by Gasteiger charge is -2.42. The van der Waals surface area contributed by atoms with Crippen LogP contribution in [-0.4, -0.2) is 50.6 Å². The molecule has 42 heavy (non-hydrogen) atoms. The van der Waals surface area contributed by atoms with Gasteiger partial charge in [0.1, 0.15) is 0 Å². The first-order chi connectivity index (χ1) is 19.7. The zero-order valence-electron chi connectivity index (χ0n) is 23.7. The largest absolute Gasteiger partial charge is 0.493 e. The first-order valence-electron chi connectivity index (χ1n) is 13.1. The molecule has 0 aromatic heterocycles. The average Bonchev–Trinajstić information content (AvgIpc) is 2.92. The zero-order valence-corrected chi connectivity index (χ0v) is 23.7. The smallest absolute Gasteiger partial charge is 0.416 e. The van der Waals surface area contributed by atoms with Gasteiger partial charge in [0.15, 0.2) is 11.5 Å². The number of carbonyl (C=O) groups is 2. The fourth-order valence-electron chi connectivity index (χ4n) is 4.81. The molecule has 2 aromatic rings. The Kier molecular flexibility index (Phi) is 10.1. The Morgan fingerprint density at radius 1 is 0.952 bits per heavy atom. The molecule has 2 amide bonds. The van der Waals surface area contributed by atoms with Crippen molar-refractivity contribution in [2.75, 3.05) is 32.3 Å². The lowest BCUT2D eigenvalue weighted by Crippen LogP contribution is -2.47. The number of carbonyl (C=O) groups excluding carboxylic acids is 2. The van der Waals surface area contributed by atoms with Gasteiger partial charge in [-0.05, 0) is 56.5 Å². The molecule has 1 aliphatic heterocycles. The topological polar surface area (TPSA) is 77.5 Å². The van der Waals surface area contributed by atoms with E-state index in [1.807, 2.05) is 6.92 Å². The fraction of sp³-hybridized carbons (Fsp3) is 0.500. The van der Waals surface area contributed by atoms with Crippen LogP contribution in [0.3, 0.4) is 0 Å². The SMILES string of the molecule is CCCOc1cc2c(cc1OC)N(C(=O)OCC)[C@H](C)C[C@@H]2N(Cc1cc(C(F)(F)F)cc(C(F)(F)F)c1)C(=O)OC. The molecule has 0 fully saturated rings. The van der Waals surface area contributed by atoms with E-state index in [2.05, 4.69) is 0 Å². The van der Waals surface area contributed by atoms with E-state index in [1.165, 1.54) is 24.1 Å². The van der Waals surface area contributed by atoms with E-state index in [9.17, 15) is 35.9 Å². The Hall–Kier alpha value is -3.84. The predicted octanol–water partition coefficient (Wildman–Crippen LogP) is 7.59. The zero-order chi connectivity index (χ0) is 31.4. The third kappa shape index (κ3) is 7.13. The van der Waals surface area contributed by atoms with Gasteiger partial charge in [0.25, 0.3) is 0 Å². The van der Waals surface area contributed by atoms with Gasteiger partial charge in [-0.15, -0.1) is 0 Å². The molecule has 1 aliphatic rings. The molecule has 0 saturated heterocycles. The van der Waals surface area contributed by atoms with Crippen LogP contribution in [0.5, 0.6) is 11.5 Å². The molecule has 2 aromatic carbocycles. The highest BCUT2D eigenvalue weighted by Crippen LogP contribution is 2.47. The summed E-state index contributed by atoms with van der Waals surface area (Å²) in [5.41, 5.74) is -2.83. The van der Waals surface area contributed by atoms with Crippen LogP contribution in [0.2, 0.25) is 0 Å². The van der Waals surface area contributed by atoms with Crippen molar-refractivity contribution in [3.8, 4) is 11.5 Å². The van der Waals surface area contributed by atoms with Gasteiger partial charge in [-0.25, -0.2) is 9.59 Å². The molecule has 0 bridgehead atoms. The highest BCUT2D eigenvalue weighted by molar-refractivity contribution is 5.91. The molecular weight excluding hydrogens is 574 g/mol. The minimum Gasteiger partial charge on any atom is -0.493 e. The molecule has 3 rings (SSSR count). The molecule has 2 atom stereocenters. The monoisotopic (exact) mass is 606 g/mol. The Morgan fingerprint density at radius 2 is 1.57 bits per heavy atom. The predicted molar refractivity (Wildman–Crippen MR) is 139 cm³/mol. The number of methoxy groups -OCH3 is 2. The summed E-state index contributed by atoms with van der Waals surface area (Å²) < 4.78 is 103. The van der Waals surface area contributed by atoms with Gasteiger partial charge in [-0.3, -0.25) is 9.80 Å². The second kappa shape index (κ2) is 13.0. The van der Waals surface area contributed by atoms with Gasteiger partial charge in [0, 0.05) is 24.2 Å². The maximum atomic E-state index is 13.6. The maximum absolute atomic E-state index is 13.6. The van der Waals surface area contributed by atoms with E-state index in [0.29, 0.717) is 30.7 Å². The summed E-state index contributed by atoms with van der Waals surface area (Å²) in [7, 11) is 2.44. The second-order valence-corrected chi connectivity index (χ2v) is 9.59. The number of benzene rings is 2. The van der Waals surface area contributed by atoms with E-state index in [-0.39, 0.29) is 36.3 Å².